The zero-order valence-electron chi connectivity index (χ0n) is 18.5. The second kappa shape index (κ2) is 9.13. The normalized spacial score (nSPS) is 12.9. The van der Waals surface area contributed by atoms with Crippen molar-refractivity contribution in [1.29, 1.82) is 0 Å². The molecule has 4 heterocycles. The molecule has 0 saturated heterocycles. The first-order valence-corrected chi connectivity index (χ1v) is 11.5. The molecular formula is C24H24N6O2S. The Morgan fingerprint density at radius 3 is 2.97 bits per heavy atom. The molecule has 1 amide bonds. The van der Waals surface area contributed by atoms with E-state index in [1.807, 2.05) is 44.4 Å². The molecule has 168 valence electrons. The number of aryl methyl sites for hydroxylation is 2. The van der Waals surface area contributed by atoms with Crippen LogP contribution in [0.3, 0.4) is 0 Å². The van der Waals surface area contributed by atoms with Crippen LogP contribution in [-0.4, -0.2) is 32.3 Å². The number of ether oxygens (including phenoxy) is 1. The molecule has 2 N–H and O–H groups in total. The Morgan fingerprint density at radius 1 is 1.27 bits per heavy atom. The number of nitrogens with zero attached hydrogens (tertiary/aromatic N) is 4. The number of hydrogen-bond donors (Lipinski definition) is 2. The van der Waals surface area contributed by atoms with Gasteiger partial charge in [0.15, 0.2) is 0 Å². The summed E-state index contributed by atoms with van der Waals surface area (Å²) in [7, 11) is 1.86. The summed E-state index contributed by atoms with van der Waals surface area (Å²) in [5.41, 5.74) is 5.94. The lowest BCUT2D eigenvalue weighted by Crippen LogP contribution is -2.22. The van der Waals surface area contributed by atoms with Gasteiger partial charge in [0.1, 0.15) is 0 Å². The van der Waals surface area contributed by atoms with Gasteiger partial charge >= 0.3 is 0 Å². The van der Waals surface area contributed by atoms with E-state index in [0.29, 0.717) is 19.1 Å². The van der Waals surface area contributed by atoms with Crippen LogP contribution in [-0.2, 0) is 31.4 Å². The SMILES string of the molecule is Cc1cc(-c2ccnc(Nc3cnn(C)c3)n2)ccc1CNC(=O)c1cc2c(s1)CCOC2. The van der Waals surface area contributed by atoms with Gasteiger partial charge < -0.3 is 15.4 Å². The lowest BCUT2D eigenvalue weighted by molar-refractivity contribution is 0.0954. The van der Waals surface area contributed by atoms with Gasteiger partial charge in [-0.05, 0) is 41.8 Å². The molecule has 1 aromatic carbocycles. The largest absolute Gasteiger partial charge is 0.376 e. The number of fused-ring (bicyclic) bond motifs is 1. The monoisotopic (exact) mass is 460 g/mol. The number of hydrogen-bond acceptors (Lipinski definition) is 7. The van der Waals surface area contributed by atoms with Crippen molar-refractivity contribution in [3.8, 4) is 11.3 Å². The summed E-state index contributed by atoms with van der Waals surface area (Å²) in [6.45, 7) is 3.85. The molecule has 0 atom stereocenters. The molecule has 0 radical (unpaired) electrons. The van der Waals surface area contributed by atoms with E-state index in [1.54, 1.807) is 28.4 Å². The molecule has 4 aromatic rings. The third-order valence-corrected chi connectivity index (χ3v) is 6.78. The van der Waals surface area contributed by atoms with Gasteiger partial charge in [-0.1, -0.05) is 12.1 Å². The summed E-state index contributed by atoms with van der Waals surface area (Å²) >= 11 is 1.57. The molecule has 1 aliphatic rings. The molecule has 1 aliphatic heterocycles. The first-order valence-electron chi connectivity index (χ1n) is 10.7. The smallest absolute Gasteiger partial charge is 0.261 e. The Bertz CT molecular complexity index is 1290. The van der Waals surface area contributed by atoms with Crippen molar-refractivity contribution in [2.45, 2.75) is 26.5 Å². The molecular weight excluding hydrogens is 436 g/mol. The molecule has 0 unspecified atom stereocenters. The fraction of sp³-hybridized carbons (Fsp3) is 0.250. The van der Waals surface area contributed by atoms with E-state index in [4.69, 9.17) is 4.74 Å². The molecule has 0 fully saturated rings. The standard InChI is InChI=1S/C24H24N6O2S/c1-15-9-16(20-5-7-25-24(29-20)28-19-12-27-30(2)13-19)3-4-17(15)11-26-23(31)22-10-18-14-32-8-6-21(18)33-22/h3-5,7,9-10,12-13H,6,8,11,14H2,1-2H3,(H,26,31)(H,25,28,29). The highest BCUT2D eigenvalue weighted by Crippen LogP contribution is 2.27. The third kappa shape index (κ3) is 4.79. The lowest BCUT2D eigenvalue weighted by atomic mass is 10.0. The number of aromatic nitrogens is 4. The fourth-order valence-corrected chi connectivity index (χ4v) is 4.84. The summed E-state index contributed by atoms with van der Waals surface area (Å²) in [6, 6.07) is 9.98. The van der Waals surface area contributed by atoms with Crippen molar-refractivity contribution in [3.63, 3.8) is 0 Å². The van der Waals surface area contributed by atoms with E-state index in [1.165, 1.54) is 4.88 Å². The van der Waals surface area contributed by atoms with Crippen LogP contribution in [0, 0.1) is 6.92 Å². The van der Waals surface area contributed by atoms with Crippen molar-refractivity contribution in [2.75, 3.05) is 11.9 Å². The van der Waals surface area contributed by atoms with Crippen molar-refractivity contribution >= 4 is 28.9 Å². The zero-order chi connectivity index (χ0) is 22.8. The maximum atomic E-state index is 12.7. The van der Waals surface area contributed by atoms with Crippen LogP contribution in [0.2, 0.25) is 0 Å². The van der Waals surface area contributed by atoms with Gasteiger partial charge in [-0.25, -0.2) is 9.97 Å². The molecule has 5 rings (SSSR count). The number of carbonyl (C=O) groups excluding carboxylic acids is 1. The Labute approximate surface area is 195 Å². The minimum Gasteiger partial charge on any atom is -0.376 e. The van der Waals surface area contributed by atoms with E-state index in [-0.39, 0.29) is 5.91 Å². The lowest BCUT2D eigenvalue weighted by Gasteiger charge is -2.10. The molecule has 8 nitrogen and oxygen atoms in total. The maximum absolute atomic E-state index is 12.7. The summed E-state index contributed by atoms with van der Waals surface area (Å²) in [6.07, 6.45) is 6.21. The van der Waals surface area contributed by atoms with Gasteiger partial charge in [-0.2, -0.15) is 5.10 Å². The van der Waals surface area contributed by atoms with Gasteiger partial charge in [0.25, 0.3) is 5.91 Å². The van der Waals surface area contributed by atoms with Gasteiger partial charge in [-0.3, -0.25) is 9.48 Å². The number of rotatable bonds is 6. The van der Waals surface area contributed by atoms with Gasteiger partial charge in [0, 0.05) is 42.8 Å². The summed E-state index contributed by atoms with van der Waals surface area (Å²) < 4.78 is 7.19. The van der Waals surface area contributed by atoms with Crippen LogP contribution in [0.5, 0.6) is 0 Å². The van der Waals surface area contributed by atoms with Crippen LogP contribution in [0.1, 0.15) is 31.2 Å². The first kappa shape index (κ1) is 21.3. The highest BCUT2D eigenvalue weighted by Gasteiger charge is 2.17. The van der Waals surface area contributed by atoms with E-state index < -0.39 is 0 Å². The first-order chi connectivity index (χ1) is 16.0. The highest BCUT2D eigenvalue weighted by atomic mass is 32.1. The van der Waals surface area contributed by atoms with E-state index in [9.17, 15) is 4.79 Å². The summed E-state index contributed by atoms with van der Waals surface area (Å²) in [4.78, 5) is 23.6. The van der Waals surface area contributed by atoms with E-state index >= 15 is 0 Å². The molecule has 33 heavy (non-hydrogen) atoms. The minimum atomic E-state index is -0.0419. The summed E-state index contributed by atoms with van der Waals surface area (Å²) in [5, 5.41) is 10.4. The highest BCUT2D eigenvalue weighted by molar-refractivity contribution is 7.14. The number of carbonyl (C=O) groups is 1. The molecule has 0 spiro atoms. The molecule has 0 bridgehead atoms. The second-order valence-corrected chi connectivity index (χ2v) is 9.12. The molecule has 0 aliphatic carbocycles. The second-order valence-electron chi connectivity index (χ2n) is 7.98. The number of amides is 1. The molecule has 9 heteroatoms. The van der Waals surface area contributed by atoms with Crippen molar-refractivity contribution in [1.82, 2.24) is 25.1 Å². The topological polar surface area (TPSA) is 94.0 Å². The Kier molecular flexibility index (Phi) is 5.89. The van der Waals surface area contributed by atoms with Crippen molar-refractivity contribution < 1.29 is 9.53 Å². The van der Waals surface area contributed by atoms with Crippen LogP contribution < -0.4 is 10.6 Å². The number of anilines is 2. The Morgan fingerprint density at radius 2 is 2.18 bits per heavy atom. The van der Waals surface area contributed by atoms with Crippen LogP contribution in [0.25, 0.3) is 11.3 Å². The van der Waals surface area contributed by atoms with E-state index in [0.717, 1.165) is 51.5 Å². The number of benzene rings is 1. The Hall–Kier alpha value is -3.56. The van der Waals surface area contributed by atoms with Gasteiger partial charge in [0.05, 0.1) is 35.7 Å². The van der Waals surface area contributed by atoms with Gasteiger partial charge in [0.2, 0.25) is 5.95 Å². The molecule has 3 aromatic heterocycles. The molecule has 0 saturated carbocycles. The van der Waals surface area contributed by atoms with Gasteiger partial charge in [-0.15, -0.1) is 11.3 Å². The van der Waals surface area contributed by atoms with Crippen LogP contribution in [0.15, 0.2) is 48.9 Å². The van der Waals surface area contributed by atoms with Crippen molar-refractivity contribution in [3.05, 3.63) is 75.4 Å². The fourth-order valence-electron chi connectivity index (χ4n) is 3.77. The number of thiophene rings is 1. The average molecular weight is 461 g/mol. The summed E-state index contributed by atoms with van der Waals surface area (Å²) in [5.74, 6) is 0.471. The number of nitrogens with one attached hydrogen (secondary N) is 2. The average Bonchev–Trinajstić information content (AvgIpc) is 3.44. The van der Waals surface area contributed by atoms with Crippen LogP contribution in [0.4, 0.5) is 11.6 Å². The quantitative estimate of drug-likeness (QED) is 0.452. The van der Waals surface area contributed by atoms with Crippen molar-refractivity contribution in [2.24, 2.45) is 7.05 Å². The maximum Gasteiger partial charge on any atom is 0.261 e. The minimum absolute atomic E-state index is 0.0419. The predicted octanol–water partition coefficient (Wildman–Crippen LogP) is 3.99. The zero-order valence-corrected chi connectivity index (χ0v) is 19.3. The predicted molar refractivity (Wildman–Crippen MR) is 128 cm³/mol. The third-order valence-electron chi connectivity index (χ3n) is 5.55. The van der Waals surface area contributed by atoms with E-state index in [2.05, 4.69) is 31.8 Å². The Balaban J connectivity index is 1.26. The van der Waals surface area contributed by atoms with Crippen LogP contribution >= 0.6 is 11.3 Å².